The molecule has 0 radical (unpaired) electrons. The van der Waals surface area contributed by atoms with Gasteiger partial charge >= 0.3 is 0 Å². The summed E-state index contributed by atoms with van der Waals surface area (Å²) < 4.78 is 5.44. The van der Waals surface area contributed by atoms with Crippen LogP contribution in [0.1, 0.15) is 36.1 Å². The maximum absolute atomic E-state index is 12.3. The number of ether oxygens (including phenoxy) is 1. The highest BCUT2D eigenvalue weighted by molar-refractivity contribution is 5.98. The monoisotopic (exact) mass is 366 g/mol. The Hall–Kier alpha value is -3.35. The van der Waals surface area contributed by atoms with Crippen LogP contribution in [0.3, 0.4) is 0 Å². The molecule has 0 fully saturated rings. The van der Waals surface area contributed by atoms with Gasteiger partial charge in [0.25, 0.3) is 5.91 Å². The standard InChI is InChI=1S/C20H22N4O3/c1-3-27-17-11-7-4-8-14(17)20(26)21-12-18(25)22-13(2)19-23-15-9-5-6-10-16(15)24-19/h4-11,13H,3,12H2,1-2H3,(H,21,26)(H,22,25)(H,23,24). The van der Waals surface area contributed by atoms with Crippen molar-refractivity contribution in [3.8, 4) is 5.75 Å². The van der Waals surface area contributed by atoms with Crippen LogP contribution in [-0.2, 0) is 4.79 Å². The lowest BCUT2D eigenvalue weighted by Gasteiger charge is -2.13. The van der Waals surface area contributed by atoms with Crippen LogP contribution in [-0.4, -0.2) is 34.9 Å². The number of amides is 2. The van der Waals surface area contributed by atoms with Crippen LogP contribution < -0.4 is 15.4 Å². The molecule has 1 atom stereocenters. The Bertz CT molecular complexity index is 918. The number of aromatic amines is 1. The van der Waals surface area contributed by atoms with Gasteiger partial charge in [0, 0.05) is 0 Å². The van der Waals surface area contributed by atoms with Crippen LogP contribution in [0.2, 0.25) is 0 Å². The number of hydrogen-bond acceptors (Lipinski definition) is 4. The van der Waals surface area contributed by atoms with E-state index in [1.807, 2.05) is 38.1 Å². The largest absolute Gasteiger partial charge is 0.493 e. The summed E-state index contributed by atoms with van der Waals surface area (Å²) in [5.74, 6) is 0.502. The van der Waals surface area contributed by atoms with Crippen molar-refractivity contribution in [2.24, 2.45) is 0 Å². The number of nitrogens with one attached hydrogen (secondary N) is 3. The fourth-order valence-electron chi connectivity index (χ4n) is 2.73. The third kappa shape index (κ3) is 4.44. The van der Waals surface area contributed by atoms with E-state index in [0.717, 1.165) is 11.0 Å². The van der Waals surface area contributed by atoms with E-state index in [1.165, 1.54) is 0 Å². The summed E-state index contributed by atoms with van der Waals surface area (Å²) in [6.45, 7) is 4.01. The third-order valence-electron chi connectivity index (χ3n) is 4.04. The van der Waals surface area contributed by atoms with E-state index in [1.54, 1.807) is 24.3 Å². The normalized spacial score (nSPS) is 11.8. The van der Waals surface area contributed by atoms with Crippen LogP contribution in [0.4, 0.5) is 0 Å². The molecule has 3 aromatic rings. The van der Waals surface area contributed by atoms with Gasteiger partial charge in [0.05, 0.1) is 35.8 Å². The molecule has 0 aliphatic heterocycles. The Morgan fingerprint density at radius 3 is 2.67 bits per heavy atom. The number of carbonyl (C=O) groups excluding carboxylic acids is 2. The Morgan fingerprint density at radius 1 is 1.15 bits per heavy atom. The number of rotatable bonds is 7. The minimum Gasteiger partial charge on any atom is -0.493 e. The molecule has 0 aliphatic rings. The number of hydrogen-bond donors (Lipinski definition) is 3. The fourth-order valence-corrected chi connectivity index (χ4v) is 2.73. The first-order valence-corrected chi connectivity index (χ1v) is 8.82. The molecular weight excluding hydrogens is 344 g/mol. The molecule has 0 aliphatic carbocycles. The van der Waals surface area contributed by atoms with Crippen molar-refractivity contribution in [3.05, 3.63) is 59.9 Å². The lowest BCUT2D eigenvalue weighted by Crippen LogP contribution is -2.38. The summed E-state index contributed by atoms with van der Waals surface area (Å²) in [6.07, 6.45) is 0. The molecule has 1 heterocycles. The van der Waals surface area contributed by atoms with Crippen molar-refractivity contribution in [3.63, 3.8) is 0 Å². The summed E-state index contributed by atoms with van der Waals surface area (Å²) in [4.78, 5) is 32.2. The fraction of sp³-hybridized carbons (Fsp3) is 0.250. The maximum atomic E-state index is 12.3. The highest BCUT2D eigenvalue weighted by atomic mass is 16.5. The summed E-state index contributed by atoms with van der Waals surface area (Å²) in [7, 11) is 0. The van der Waals surface area contributed by atoms with Gasteiger partial charge < -0.3 is 20.4 Å². The second-order valence-corrected chi connectivity index (χ2v) is 6.04. The number of carbonyl (C=O) groups is 2. The van der Waals surface area contributed by atoms with Gasteiger partial charge in [-0.25, -0.2) is 4.98 Å². The van der Waals surface area contributed by atoms with Crippen LogP contribution in [0.5, 0.6) is 5.75 Å². The Balaban J connectivity index is 1.57. The molecule has 7 heteroatoms. The van der Waals surface area contributed by atoms with Gasteiger partial charge in [-0.1, -0.05) is 24.3 Å². The Morgan fingerprint density at radius 2 is 1.89 bits per heavy atom. The molecule has 27 heavy (non-hydrogen) atoms. The summed E-state index contributed by atoms with van der Waals surface area (Å²) >= 11 is 0. The quantitative estimate of drug-likeness (QED) is 0.599. The summed E-state index contributed by atoms with van der Waals surface area (Å²) in [6, 6.07) is 14.3. The first-order chi connectivity index (χ1) is 13.1. The van der Waals surface area contributed by atoms with E-state index in [0.29, 0.717) is 23.7 Å². The molecule has 3 N–H and O–H groups in total. The van der Waals surface area contributed by atoms with Crippen molar-refractivity contribution >= 4 is 22.8 Å². The third-order valence-corrected chi connectivity index (χ3v) is 4.04. The Labute approximate surface area is 157 Å². The average molecular weight is 366 g/mol. The van der Waals surface area contributed by atoms with Crippen molar-refractivity contribution < 1.29 is 14.3 Å². The second kappa shape index (κ2) is 8.35. The minimum atomic E-state index is -0.356. The van der Waals surface area contributed by atoms with Crippen LogP contribution in [0.25, 0.3) is 11.0 Å². The number of imidazole rings is 1. The van der Waals surface area contributed by atoms with Gasteiger partial charge in [0.1, 0.15) is 11.6 Å². The van der Waals surface area contributed by atoms with E-state index < -0.39 is 0 Å². The van der Waals surface area contributed by atoms with E-state index >= 15 is 0 Å². The molecule has 2 aromatic carbocycles. The van der Waals surface area contributed by atoms with Crippen molar-refractivity contribution in [2.75, 3.05) is 13.2 Å². The molecule has 0 bridgehead atoms. The lowest BCUT2D eigenvalue weighted by molar-refractivity contribution is -0.120. The number of aromatic nitrogens is 2. The number of para-hydroxylation sites is 3. The SMILES string of the molecule is CCOc1ccccc1C(=O)NCC(=O)NC(C)c1nc2ccccc2[nH]1. The topological polar surface area (TPSA) is 96.1 Å². The molecule has 140 valence electrons. The number of benzene rings is 2. The molecule has 0 saturated carbocycles. The minimum absolute atomic E-state index is 0.135. The Kier molecular flexibility index (Phi) is 5.71. The van der Waals surface area contributed by atoms with Crippen molar-refractivity contribution in [1.29, 1.82) is 0 Å². The van der Waals surface area contributed by atoms with Gasteiger partial charge in [-0.3, -0.25) is 9.59 Å². The van der Waals surface area contributed by atoms with Gasteiger partial charge in [0.15, 0.2) is 0 Å². The van der Waals surface area contributed by atoms with Crippen molar-refractivity contribution in [2.45, 2.75) is 19.9 Å². The number of fused-ring (bicyclic) bond motifs is 1. The van der Waals surface area contributed by atoms with Gasteiger partial charge in [-0.15, -0.1) is 0 Å². The predicted molar refractivity (Wildman–Crippen MR) is 103 cm³/mol. The molecule has 0 saturated heterocycles. The molecule has 3 rings (SSSR count). The highest BCUT2D eigenvalue weighted by Gasteiger charge is 2.16. The van der Waals surface area contributed by atoms with Crippen LogP contribution in [0, 0.1) is 0 Å². The number of H-pyrrole nitrogens is 1. The zero-order chi connectivity index (χ0) is 19.2. The van der Waals surface area contributed by atoms with E-state index in [4.69, 9.17) is 4.74 Å². The first kappa shape index (κ1) is 18.4. The summed E-state index contributed by atoms with van der Waals surface area (Å²) in [5.41, 5.74) is 2.15. The first-order valence-electron chi connectivity index (χ1n) is 8.82. The maximum Gasteiger partial charge on any atom is 0.255 e. The van der Waals surface area contributed by atoms with Gasteiger partial charge in [0.2, 0.25) is 5.91 Å². The van der Waals surface area contributed by atoms with E-state index in [2.05, 4.69) is 20.6 Å². The van der Waals surface area contributed by atoms with E-state index in [-0.39, 0.29) is 24.4 Å². The van der Waals surface area contributed by atoms with Crippen LogP contribution in [0.15, 0.2) is 48.5 Å². The van der Waals surface area contributed by atoms with Crippen molar-refractivity contribution in [1.82, 2.24) is 20.6 Å². The average Bonchev–Trinajstić information content (AvgIpc) is 3.11. The molecule has 2 amide bonds. The molecule has 7 nitrogen and oxygen atoms in total. The van der Waals surface area contributed by atoms with Gasteiger partial charge in [-0.05, 0) is 38.1 Å². The smallest absolute Gasteiger partial charge is 0.255 e. The zero-order valence-electron chi connectivity index (χ0n) is 15.3. The summed E-state index contributed by atoms with van der Waals surface area (Å²) in [5, 5.41) is 5.44. The van der Waals surface area contributed by atoms with E-state index in [9.17, 15) is 9.59 Å². The molecular formula is C20H22N4O3. The molecule has 1 aromatic heterocycles. The second-order valence-electron chi connectivity index (χ2n) is 6.04. The van der Waals surface area contributed by atoms with Crippen LogP contribution >= 0.6 is 0 Å². The predicted octanol–water partition coefficient (Wildman–Crippen LogP) is 2.57. The molecule has 1 unspecified atom stereocenters. The highest BCUT2D eigenvalue weighted by Crippen LogP contribution is 2.18. The zero-order valence-corrected chi connectivity index (χ0v) is 15.3. The lowest BCUT2D eigenvalue weighted by atomic mass is 10.2. The number of nitrogens with zero attached hydrogens (tertiary/aromatic N) is 1. The van der Waals surface area contributed by atoms with Gasteiger partial charge in [-0.2, -0.15) is 0 Å². The molecule has 0 spiro atoms.